The van der Waals surface area contributed by atoms with Crippen molar-refractivity contribution in [1.29, 1.82) is 0 Å². The number of benzene rings is 1. The number of hydrogen-bond acceptors (Lipinski definition) is 5. The molecule has 23 heavy (non-hydrogen) atoms. The minimum absolute atomic E-state index is 0.165. The number of likely N-dealkylation sites (tertiary alicyclic amines) is 1. The molecule has 1 aromatic carbocycles. The van der Waals surface area contributed by atoms with Crippen molar-refractivity contribution in [2.45, 2.75) is 25.5 Å². The molecule has 8 nitrogen and oxygen atoms in total. The zero-order valence-electron chi connectivity index (χ0n) is 12.6. The summed E-state index contributed by atoms with van der Waals surface area (Å²) in [7, 11) is 0. The highest BCUT2D eigenvalue weighted by Gasteiger charge is 2.37. The number of aliphatic hydroxyl groups excluding tert-OH is 1. The second-order valence-corrected chi connectivity index (χ2v) is 5.43. The number of rotatable bonds is 3. The first-order chi connectivity index (χ1) is 11.1. The number of aliphatic hydroxyl groups is 1. The molecule has 3 rings (SSSR count). The van der Waals surface area contributed by atoms with Gasteiger partial charge in [0.2, 0.25) is 17.8 Å². The number of anilines is 1. The normalized spacial score (nSPS) is 20.5. The summed E-state index contributed by atoms with van der Waals surface area (Å²) < 4.78 is 1.64. The topological polar surface area (TPSA) is 100 Å². The lowest BCUT2D eigenvalue weighted by Crippen LogP contribution is -2.42. The molecule has 2 amide bonds. The molecule has 1 saturated heterocycles. The van der Waals surface area contributed by atoms with E-state index in [1.54, 1.807) is 4.57 Å². The Morgan fingerprint density at radius 1 is 1.30 bits per heavy atom. The van der Waals surface area contributed by atoms with Crippen LogP contribution in [0.5, 0.6) is 0 Å². The molecule has 0 aliphatic carbocycles. The summed E-state index contributed by atoms with van der Waals surface area (Å²) in [6.07, 6.45) is 1.02. The van der Waals surface area contributed by atoms with Gasteiger partial charge in [0, 0.05) is 19.9 Å². The number of nitrogens with one attached hydrogen (secondary N) is 1. The molecule has 2 aromatic rings. The molecule has 1 aliphatic rings. The highest BCUT2D eigenvalue weighted by Crippen LogP contribution is 2.20. The van der Waals surface area contributed by atoms with Crippen molar-refractivity contribution in [3.05, 3.63) is 36.7 Å². The Labute approximate surface area is 132 Å². The second-order valence-electron chi connectivity index (χ2n) is 5.43. The Balaban J connectivity index is 1.79. The first-order valence-corrected chi connectivity index (χ1v) is 7.28. The number of carbonyl (C=O) groups excluding carboxylic acids is 2. The summed E-state index contributed by atoms with van der Waals surface area (Å²) in [5, 5.41) is 20.1. The van der Waals surface area contributed by atoms with E-state index in [-0.39, 0.29) is 30.7 Å². The molecule has 2 heterocycles. The maximum Gasteiger partial charge on any atom is 0.249 e. The van der Waals surface area contributed by atoms with Crippen LogP contribution in [-0.4, -0.2) is 55.3 Å². The van der Waals surface area contributed by atoms with Gasteiger partial charge >= 0.3 is 0 Å². The lowest BCUT2D eigenvalue weighted by atomic mass is 10.2. The molecule has 8 heteroatoms. The number of para-hydroxylation sites is 1. The van der Waals surface area contributed by atoms with Crippen LogP contribution in [0.25, 0.3) is 5.69 Å². The van der Waals surface area contributed by atoms with Gasteiger partial charge in [-0.3, -0.25) is 19.5 Å². The number of aromatic nitrogens is 3. The fourth-order valence-corrected chi connectivity index (χ4v) is 2.70. The van der Waals surface area contributed by atoms with E-state index in [0.717, 1.165) is 5.69 Å². The first kappa shape index (κ1) is 15.2. The van der Waals surface area contributed by atoms with Gasteiger partial charge in [-0.1, -0.05) is 18.2 Å². The van der Waals surface area contributed by atoms with Gasteiger partial charge < -0.3 is 10.0 Å². The van der Waals surface area contributed by atoms with E-state index in [9.17, 15) is 14.7 Å². The molecule has 2 atom stereocenters. The maximum atomic E-state index is 12.5. The van der Waals surface area contributed by atoms with Crippen LogP contribution in [0.4, 0.5) is 5.95 Å². The number of β-amino-alcohol motifs (C(OH)–C–C–N with tert-alkyl or cyclic N) is 1. The molecule has 2 N–H and O–H groups in total. The predicted octanol–water partition coefficient (Wildman–Crippen LogP) is 0.187. The van der Waals surface area contributed by atoms with Crippen LogP contribution in [0.2, 0.25) is 0 Å². The fraction of sp³-hybridized carbons (Fsp3) is 0.333. The van der Waals surface area contributed by atoms with Crippen LogP contribution >= 0.6 is 0 Å². The summed E-state index contributed by atoms with van der Waals surface area (Å²) >= 11 is 0. The number of nitrogens with zero attached hydrogens (tertiary/aromatic N) is 4. The smallest absolute Gasteiger partial charge is 0.249 e. The number of hydrogen-bond donors (Lipinski definition) is 2. The molecule has 0 saturated carbocycles. The lowest BCUT2D eigenvalue weighted by molar-refractivity contribution is -0.134. The van der Waals surface area contributed by atoms with E-state index < -0.39 is 12.1 Å². The summed E-state index contributed by atoms with van der Waals surface area (Å²) in [5.74, 6) is -0.362. The molecule has 0 radical (unpaired) electrons. The van der Waals surface area contributed by atoms with E-state index in [4.69, 9.17) is 0 Å². The van der Waals surface area contributed by atoms with Gasteiger partial charge in [-0.05, 0) is 12.1 Å². The predicted molar refractivity (Wildman–Crippen MR) is 81.8 cm³/mol. The van der Waals surface area contributed by atoms with Crippen molar-refractivity contribution in [3.63, 3.8) is 0 Å². The fourth-order valence-electron chi connectivity index (χ4n) is 2.70. The Hall–Kier alpha value is -2.74. The number of carbonyl (C=O) groups is 2. The molecule has 0 unspecified atom stereocenters. The summed E-state index contributed by atoms with van der Waals surface area (Å²) in [5.41, 5.74) is 0.808. The van der Waals surface area contributed by atoms with Crippen molar-refractivity contribution < 1.29 is 14.7 Å². The SMILES string of the molecule is CC(=O)N1C[C@@H](O)C[C@@H]1C(=O)Nc1nncn1-c1ccccc1. The van der Waals surface area contributed by atoms with Gasteiger partial charge in [0.15, 0.2) is 0 Å². The van der Waals surface area contributed by atoms with E-state index in [1.807, 2.05) is 30.3 Å². The monoisotopic (exact) mass is 315 g/mol. The Morgan fingerprint density at radius 2 is 2.04 bits per heavy atom. The zero-order valence-corrected chi connectivity index (χ0v) is 12.6. The van der Waals surface area contributed by atoms with Gasteiger partial charge in [-0.15, -0.1) is 10.2 Å². The number of amides is 2. The third-order valence-corrected chi connectivity index (χ3v) is 3.80. The van der Waals surface area contributed by atoms with Gasteiger partial charge in [0.25, 0.3) is 0 Å². The van der Waals surface area contributed by atoms with Crippen LogP contribution in [0, 0.1) is 0 Å². The lowest BCUT2D eigenvalue weighted by Gasteiger charge is -2.21. The first-order valence-electron chi connectivity index (χ1n) is 7.28. The molecular formula is C15H17N5O3. The summed E-state index contributed by atoms with van der Waals surface area (Å²) in [6.45, 7) is 1.55. The summed E-state index contributed by atoms with van der Waals surface area (Å²) in [6, 6.07) is 8.64. The van der Waals surface area contributed by atoms with Crippen LogP contribution in [-0.2, 0) is 9.59 Å². The average molecular weight is 315 g/mol. The highest BCUT2D eigenvalue weighted by atomic mass is 16.3. The van der Waals surface area contributed by atoms with Crippen LogP contribution < -0.4 is 5.32 Å². The highest BCUT2D eigenvalue weighted by molar-refractivity contribution is 5.96. The second kappa shape index (κ2) is 6.17. The molecular weight excluding hydrogens is 298 g/mol. The third kappa shape index (κ3) is 3.07. The molecule has 0 spiro atoms. The van der Waals surface area contributed by atoms with Crippen molar-refractivity contribution in [1.82, 2.24) is 19.7 Å². The van der Waals surface area contributed by atoms with Gasteiger partial charge in [0.1, 0.15) is 12.4 Å². The van der Waals surface area contributed by atoms with E-state index in [1.165, 1.54) is 18.2 Å². The van der Waals surface area contributed by atoms with Crippen molar-refractivity contribution in [2.24, 2.45) is 0 Å². The molecule has 1 aliphatic heterocycles. The molecule has 1 aromatic heterocycles. The van der Waals surface area contributed by atoms with Crippen LogP contribution in [0.3, 0.4) is 0 Å². The van der Waals surface area contributed by atoms with Gasteiger partial charge in [-0.25, -0.2) is 0 Å². The van der Waals surface area contributed by atoms with E-state index in [0.29, 0.717) is 0 Å². The Bertz CT molecular complexity index is 715. The average Bonchev–Trinajstić information content (AvgIpc) is 3.14. The molecule has 0 bridgehead atoms. The molecule has 120 valence electrons. The van der Waals surface area contributed by atoms with Crippen molar-refractivity contribution >= 4 is 17.8 Å². The minimum Gasteiger partial charge on any atom is -0.391 e. The Kier molecular flexibility index (Phi) is 4.07. The standard InChI is InChI=1S/C15H17N5O3/c1-10(21)19-8-12(22)7-13(19)14(23)17-15-18-16-9-20(15)11-5-3-2-4-6-11/h2-6,9,12-13,22H,7-8H2,1H3,(H,17,18,23)/t12-,13+/m0/s1. The largest absolute Gasteiger partial charge is 0.391 e. The quantitative estimate of drug-likeness (QED) is 0.842. The minimum atomic E-state index is -0.705. The van der Waals surface area contributed by atoms with Gasteiger partial charge in [-0.2, -0.15) is 0 Å². The van der Waals surface area contributed by atoms with Crippen molar-refractivity contribution in [3.8, 4) is 5.69 Å². The third-order valence-electron chi connectivity index (χ3n) is 3.80. The maximum absolute atomic E-state index is 12.5. The molecule has 1 fully saturated rings. The summed E-state index contributed by atoms with van der Waals surface area (Å²) in [4.78, 5) is 25.4. The Morgan fingerprint density at radius 3 is 2.74 bits per heavy atom. The van der Waals surface area contributed by atoms with Gasteiger partial charge in [0.05, 0.1) is 11.8 Å². The van der Waals surface area contributed by atoms with E-state index in [2.05, 4.69) is 15.5 Å². The van der Waals surface area contributed by atoms with Crippen molar-refractivity contribution in [2.75, 3.05) is 11.9 Å². The van der Waals surface area contributed by atoms with E-state index >= 15 is 0 Å². The van der Waals surface area contributed by atoms with Crippen LogP contribution in [0.1, 0.15) is 13.3 Å². The zero-order chi connectivity index (χ0) is 16.4. The van der Waals surface area contributed by atoms with Crippen LogP contribution in [0.15, 0.2) is 36.7 Å².